The summed E-state index contributed by atoms with van der Waals surface area (Å²) in [7, 11) is -3.31. The summed E-state index contributed by atoms with van der Waals surface area (Å²) in [6.45, 7) is 3.49. The van der Waals surface area contributed by atoms with Gasteiger partial charge in [0.1, 0.15) is 5.76 Å². The van der Waals surface area contributed by atoms with E-state index in [-0.39, 0.29) is 30.6 Å². The molecule has 3 N–H and O–H groups in total. The summed E-state index contributed by atoms with van der Waals surface area (Å²) in [6.07, 6.45) is 1.06. The molecule has 1 heterocycles. The summed E-state index contributed by atoms with van der Waals surface area (Å²) >= 11 is 0. The molecule has 9 heteroatoms. The lowest BCUT2D eigenvalue weighted by Gasteiger charge is -2.10. The van der Waals surface area contributed by atoms with E-state index in [1.165, 1.54) is 6.07 Å². The fraction of sp³-hybridized carbons (Fsp3) is 0.312. The lowest BCUT2D eigenvalue weighted by atomic mass is 10.1. The van der Waals surface area contributed by atoms with Crippen LogP contribution in [0.2, 0.25) is 0 Å². The molecule has 0 aliphatic heterocycles. The third-order valence-corrected chi connectivity index (χ3v) is 3.89. The molecule has 2 aromatic rings. The topological polar surface area (TPSA) is 100 Å². The Balaban J connectivity index is 0.00000312. The van der Waals surface area contributed by atoms with Gasteiger partial charge in [0.2, 0.25) is 10.0 Å². The molecular formula is C16H22ClN3O4S. The van der Waals surface area contributed by atoms with Gasteiger partial charge in [0, 0.05) is 12.2 Å². The Bertz CT molecular complexity index is 805. The summed E-state index contributed by atoms with van der Waals surface area (Å²) < 4.78 is 29.8. The van der Waals surface area contributed by atoms with Gasteiger partial charge in [0.15, 0.2) is 5.76 Å². The minimum absolute atomic E-state index is 0. The molecule has 1 aromatic carbocycles. The predicted molar refractivity (Wildman–Crippen MR) is 99.4 cm³/mol. The third kappa shape index (κ3) is 6.87. The minimum atomic E-state index is -3.31. The molecule has 0 aliphatic rings. The quantitative estimate of drug-likeness (QED) is 0.644. The molecule has 2 rings (SSSR count). The normalized spacial score (nSPS) is 11.0. The van der Waals surface area contributed by atoms with Crippen LogP contribution in [0.15, 0.2) is 40.8 Å². The van der Waals surface area contributed by atoms with E-state index in [0.717, 1.165) is 18.4 Å². The Morgan fingerprint density at radius 1 is 1.12 bits per heavy atom. The van der Waals surface area contributed by atoms with E-state index in [1.54, 1.807) is 6.07 Å². The molecule has 7 nitrogen and oxygen atoms in total. The van der Waals surface area contributed by atoms with Crippen LogP contribution >= 0.6 is 12.4 Å². The molecule has 0 aliphatic carbocycles. The van der Waals surface area contributed by atoms with Crippen LogP contribution in [-0.4, -0.2) is 27.1 Å². The number of hydrogen-bond acceptors (Lipinski definition) is 5. The molecule has 0 saturated heterocycles. The molecule has 0 atom stereocenters. The number of para-hydroxylation sites is 1. The summed E-state index contributed by atoms with van der Waals surface area (Å²) in [5.74, 6) is 0.106. The number of anilines is 1. The zero-order valence-corrected chi connectivity index (χ0v) is 15.7. The SMILES string of the molecule is CCNCc1ccccc1NC(=O)c1ccc(CNS(C)(=O)=O)o1.Cl. The van der Waals surface area contributed by atoms with E-state index in [9.17, 15) is 13.2 Å². The van der Waals surface area contributed by atoms with Crippen molar-refractivity contribution in [3.8, 4) is 0 Å². The number of nitrogens with one attached hydrogen (secondary N) is 3. The van der Waals surface area contributed by atoms with Crippen LogP contribution in [0.4, 0.5) is 5.69 Å². The van der Waals surface area contributed by atoms with E-state index in [2.05, 4.69) is 15.4 Å². The summed E-state index contributed by atoms with van der Waals surface area (Å²) in [4.78, 5) is 12.3. The number of benzene rings is 1. The monoisotopic (exact) mass is 387 g/mol. The maximum atomic E-state index is 12.3. The smallest absolute Gasteiger partial charge is 0.291 e. The van der Waals surface area contributed by atoms with Crippen LogP contribution in [0.25, 0.3) is 0 Å². The summed E-state index contributed by atoms with van der Waals surface area (Å²) in [5.41, 5.74) is 1.67. The number of rotatable bonds is 8. The second kappa shape index (κ2) is 9.57. The van der Waals surface area contributed by atoms with Gasteiger partial charge in [-0.05, 0) is 30.3 Å². The predicted octanol–water partition coefficient (Wildman–Crippen LogP) is 2.11. The van der Waals surface area contributed by atoms with Gasteiger partial charge in [0.05, 0.1) is 12.8 Å². The molecular weight excluding hydrogens is 366 g/mol. The van der Waals surface area contributed by atoms with Crippen LogP contribution < -0.4 is 15.4 Å². The van der Waals surface area contributed by atoms with E-state index < -0.39 is 10.0 Å². The Kier molecular flexibility index (Phi) is 8.11. The molecule has 0 radical (unpaired) electrons. The summed E-state index contributed by atoms with van der Waals surface area (Å²) in [5, 5.41) is 6.02. The van der Waals surface area contributed by atoms with Gasteiger partial charge in [-0.1, -0.05) is 25.1 Å². The molecule has 138 valence electrons. The molecule has 25 heavy (non-hydrogen) atoms. The van der Waals surface area contributed by atoms with Crippen LogP contribution in [-0.2, 0) is 23.1 Å². The van der Waals surface area contributed by atoms with E-state index >= 15 is 0 Å². The molecule has 0 unspecified atom stereocenters. The van der Waals surface area contributed by atoms with Gasteiger partial charge >= 0.3 is 0 Å². The average Bonchev–Trinajstić information content (AvgIpc) is 3.00. The number of sulfonamides is 1. The highest BCUT2D eigenvalue weighted by Gasteiger charge is 2.14. The van der Waals surface area contributed by atoms with Gasteiger partial charge in [-0.2, -0.15) is 0 Å². The van der Waals surface area contributed by atoms with Crippen LogP contribution in [0.5, 0.6) is 0 Å². The number of furan rings is 1. The van der Waals surface area contributed by atoms with E-state index in [0.29, 0.717) is 18.0 Å². The van der Waals surface area contributed by atoms with Gasteiger partial charge in [-0.15, -0.1) is 12.4 Å². The molecule has 0 saturated carbocycles. The first kappa shape index (κ1) is 21.2. The molecule has 0 fully saturated rings. The van der Waals surface area contributed by atoms with Crippen molar-refractivity contribution in [2.45, 2.75) is 20.0 Å². The molecule has 1 amide bonds. The highest BCUT2D eigenvalue weighted by molar-refractivity contribution is 7.88. The van der Waals surface area contributed by atoms with Crippen molar-refractivity contribution in [1.82, 2.24) is 10.0 Å². The standard InChI is InChI=1S/C16H21N3O4S.ClH/c1-3-17-10-12-6-4-5-7-14(12)19-16(20)15-9-8-13(23-15)11-18-24(2,21)22;/h4-9,17-18H,3,10-11H2,1-2H3,(H,19,20);1H. The average molecular weight is 388 g/mol. The fourth-order valence-electron chi connectivity index (χ4n) is 2.04. The highest BCUT2D eigenvalue weighted by atomic mass is 35.5. The zero-order chi connectivity index (χ0) is 17.6. The zero-order valence-electron chi connectivity index (χ0n) is 14.0. The third-order valence-electron chi connectivity index (χ3n) is 3.23. The van der Waals surface area contributed by atoms with Crippen molar-refractivity contribution in [2.75, 3.05) is 18.1 Å². The van der Waals surface area contributed by atoms with Crippen LogP contribution in [0, 0.1) is 0 Å². The van der Waals surface area contributed by atoms with E-state index in [4.69, 9.17) is 4.42 Å². The first-order valence-corrected chi connectivity index (χ1v) is 9.41. The fourth-order valence-corrected chi connectivity index (χ4v) is 2.44. The van der Waals surface area contributed by atoms with Gasteiger partial charge in [-0.25, -0.2) is 13.1 Å². The summed E-state index contributed by atoms with van der Waals surface area (Å²) in [6, 6.07) is 10.6. The van der Waals surface area contributed by atoms with Crippen LogP contribution in [0.1, 0.15) is 28.8 Å². The van der Waals surface area contributed by atoms with Crippen molar-refractivity contribution in [3.63, 3.8) is 0 Å². The Morgan fingerprint density at radius 3 is 2.52 bits per heavy atom. The maximum absolute atomic E-state index is 12.3. The van der Waals surface area contributed by atoms with Gasteiger partial charge in [0.25, 0.3) is 5.91 Å². The Hall–Kier alpha value is -1.87. The number of hydrogen-bond donors (Lipinski definition) is 3. The van der Waals surface area contributed by atoms with Gasteiger partial charge in [-0.3, -0.25) is 4.79 Å². The first-order valence-electron chi connectivity index (χ1n) is 7.52. The number of amides is 1. The molecule has 0 bridgehead atoms. The lowest BCUT2D eigenvalue weighted by molar-refractivity contribution is 0.0995. The second-order valence-electron chi connectivity index (χ2n) is 5.25. The largest absolute Gasteiger partial charge is 0.455 e. The van der Waals surface area contributed by atoms with Crippen molar-refractivity contribution in [1.29, 1.82) is 0 Å². The maximum Gasteiger partial charge on any atom is 0.291 e. The number of carbonyl (C=O) groups is 1. The number of carbonyl (C=O) groups excluding carboxylic acids is 1. The van der Waals surface area contributed by atoms with Crippen molar-refractivity contribution >= 4 is 34.0 Å². The van der Waals surface area contributed by atoms with Crippen LogP contribution in [0.3, 0.4) is 0 Å². The molecule has 1 aromatic heterocycles. The Morgan fingerprint density at radius 2 is 1.84 bits per heavy atom. The molecule has 0 spiro atoms. The second-order valence-corrected chi connectivity index (χ2v) is 7.08. The highest BCUT2D eigenvalue weighted by Crippen LogP contribution is 2.17. The van der Waals surface area contributed by atoms with Crippen molar-refractivity contribution in [3.05, 3.63) is 53.5 Å². The van der Waals surface area contributed by atoms with E-state index in [1.807, 2.05) is 31.2 Å². The lowest BCUT2D eigenvalue weighted by Crippen LogP contribution is -2.20. The van der Waals surface area contributed by atoms with Gasteiger partial charge < -0.3 is 15.1 Å². The van der Waals surface area contributed by atoms with Crippen molar-refractivity contribution in [2.24, 2.45) is 0 Å². The Labute approximate surface area is 153 Å². The minimum Gasteiger partial charge on any atom is -0.455 e. The first-order chi connectivity index (χ1) is 11.4. The van der Waals surface area contributed by atoms with Crippen molar-refractivity contribution < 1.29 is 17.6 Å². The number of halogens is 1.